The molecule has 1 atom stereocenters. The van der Waals surface area contributed by atoms with Gasteiger partial charge in [0.2, 0.25) is 10.0 Å². The molecule has 0 saturated carbocycles. The van der Waals surface area contributed by atoms with Crippen LogP contribution in [0.25, 0.3) is 6.08 Å². The SMILES string of the molecule is CSCCC(C)NS(=O)(=O)c1ccc(/C=C/C(=O)O)cc1. The maximum absolute atomic E-state index is 12.2. The van der Waals surface area contributed by atoms with Crippen LogP contribution in [0.15, 0.2) is 35.2 Å². The fourth-order valence-corrected chi connectivity index (χ4v) is 3.48. The molecule has 0 radical (unpaired) electrons. The van der Waals surface area contributed by atoms with Gasteiger partial charge in [-0.3, -0.25) is 0 Å². The lowest BCUT2D eigenvalue weighted by Crippen LogP contribution is -2.32. The first-order valence-electron chi connectivity index (χ1n) is 6.37. The van der Waals surface area contributed by atoms with Crippen LogP contribution < -0.4 is 4.72 Å². The highest BCUT2D eigenvalue weighted by molar-refractivity contribution is 7.98. The minimum absolute atomic E-state index is 0.131. The molecule has 2 N–H and O–H groups in total. The first-order valence-corrected chi connectivity index (χ1v) is 9.25. The van der Waals surface area contributed by atoms with E-state index in [1.807, 2.05) is 13.2 Å². The highest BCUT2D eigenvalue weighted by atomic mass is 32.2. The summed E-state index contributed by atoms with van der Waals surface area (Å²) in [5.41, 5.74) is 0.631. The molecule has 0 aliphatic heterocycles. The predicted molar refractivity (Wildman–Crippen MR) is 85.9 cm³/mol. The van der Waals surface area contributed by atoms with Crippen molar-refractivity contribution in [1.82, 2.24) is 4.72 Å². The molecule has 0 amide bonds. The fraction of sp³-hybridized carbons (Fsp3) is 0.357. The maximum Gasteiger partial charge on any atom is 0.328 e. The van der Waals surface area contributed by atoms with E-state index in [1.54, 1.807) is 23.9 Å². The number of rotatable bonds is 8. The third-order valence-corrected chi connectivity index (χ3v) is 4.97. The lowest BCUT2D eigenvalue weighted by Gasteiger charge is -2.13. The zero-order valence-electron chi connectivity index (χ0n) is 11.9. The van der Waals surface area contributed by atoms with E-state index >= 15 is 0 Å². The van der Waals surface area contributed by atoms with Crippen LogP contribution in [0.4, 0.5) is 0 Å². The molecule has 0 aromatic heterocycles. The van der Waals surface area contributed by atoms with Gasteiger partial charge >= 0.3 is 5.97 Å². The average molecular weight is 329 g/mol. The monoisotopic (exact) mass is 329 g/mol. The fourth-order valence-electron chi connectivity index (χ4n) is 1.61. The summed E-state index contributed by atoms with van der Waals surface area (Å²) in [7, 11) is -3.54. The Morgan fingerprint density at radius 1 is 1.38 bits per heavy atom. The van der Waals surface area contributed by atoms with Gasteiger partial charge in [0, 0.05) is 12.1 Å². The van der Waals surface area contributed by atoms with Crippen LogP contribution in [0, 0.1) is 0 Å². The van der Waals surface area contributed by atoms with Crippen molar-refractivity contribution in [3.05, 3.63) is 35.9 Å². The van der Waals surface area contributed by atoms with Crippen molar-refractivity contribution in [2.45, 2.75) is 24.3 Å². The normalized spacial score (nSPS) is 13.4. The van der Waals surface area contributed by atoms with Crippen LogP contribution in [-0.2, 0) is 14.8 Å². The Morgan fingerprint density at radius 3 is 2.52 bits per heavy atom. The van der Waals surface area contributed by atoms with Crippen molar-refractivity contribution in [3.8, 4) is 0 Å². The third kappa shape index (κ3) is 6.33. The van der Waals surface area contributed by atoms with Crippen molar-refractivity contribution in [2.75, 3.05) is 12.0 Å². The summed E-state index contributed by atoms with van der Waals surface area (Å²) in [5, 5.41) is 8.53. The van der Waals surface area contributed by atoms with Crippen molar-refractivity contribution < 1.29 is 18.3 Å². The minimum Gasteiger partial charge on any atom is -0.478 e. The van der Waals surface area contributed by atoms with E-state index in [-0.39, 0.29) is 10.9 Å². The summed E-state index contributed by atoms with van der Waals surface area (Å²) in [4.78, 5) is 10.6. The highest BCUT2D eigenvalue weighted by Gasteiger charge is 2.16. The molecule has 0 aliphatic carbocycles. The zero-order valence-corrected chi connectivity index (χ0v) is 13.6. The molecule has 21 heavy (non-hydrogen) atoms. The Bertz CT molecular complexity index is 594. The number of carboxylic acid groups (broad SMARTS) is 1. The van der Waals surface area contributed by atoms with Crippen molar-refractivity contribution in [3.63, 3.8) is 0 Å². The molecule has 7 heteroatoms. The van der Waals surface area contributed by atoms with Gasteiger partial charge < -0.3 is 5.11 Å². The molecule has 0 fully saturated rings. The first-order chi connectivity index (χ1) is 9.85. The second kappa shape index (κ2) is 8.21. The Kier molecular flexibility index (Phi) is 6.94. The molecule has 1 rings (SSSR count). The summed E-state index contributed by atoms with van der Waals surface area (Å²) in [6.07, 6.45) is 5.16. The molecule has 1 aromatic rings. The summed E-state index contributed by atoms with van der Waals surface area (Å²) in [5.74, 6) is -0.154. The van der Waals surface area contributed by atoms with Gasteiger partial charge in [-0.25, -0.2) is 17.9 Å². The van der Waals surface area contributed by atoms with Gasteiger partial charge in [-0.15, -0.1) is 0 Å². The second-order valence-corrected chi connectivity index (χ2v) is 7.24. The third-order valence-electron chi connectivity index (χ3n) is 2.72. The topological polar surface area (TPSA) is 83.5 Å². The second-order valence-electron chi connectivity index (χ2n) is 4.54. The predicted octanol–water partition coefficient (Wildman–Crippen LogP) is 2.20. The number of carboxylic acids is 1. The number of carbonyl (C=O) groups is 1. The Hall–Kier alpha value is -1.31. The van der Waals surface area contributed by atoms with Gasteiger partial charge in [-0.2, -0.15) is 11.8 Å². The molecule has 0 aliphatic rings. The number of benzene rings is 1. The Morgan fingerprint density at radius 2 is 2.00 bits per heavy atom. The Balaban J connectivity index is 2.78. The molecule has 1 aromatic carbocycles. The van der Waals surface area contributed by atoms with Crippen molar-refractivity contribution >= 4 is 33.8 Å². The van der Waals surface area contributed by atoms with E-state index < -0.39 is 16.0 Å². The summed E-state index contributed by atoms with van der Waals surface area (Å²) >= 11 is 1.67. The van der Waals surface area contributed by atoms with Crippen LogP contribution in [0.3, 0.4) is 0 Å². The van der Waals surface area contributed by atoms with E-state index in [2.05, 4.69) is 4.72 Å². The molecule has 116 valence electrons. The van der Waals surface area contributed by atoms with E-state index in [0.717, 1.165) is 18.2 Å². The number of hydrogen-bond acceptors (Lipinski definition) is 4. The maximum atomic E-state index is 12.2. The van der Waals surface area contributed by atoms with Crippen LogP contribution in [-0.4, -0.2) is 37.5 Å². The van der Waals surface area contributed by atoms with Gasteiger partial charge in [0.1, 0.15) is 0 Å². The van der Waals surface area contributed by atoms with Gasteiger partial charge in [0.05, 0.1) is 4.90 Å². The molecule has 0 spiro atoms. The largest absolute Gasteiger partial charge is 0.478 e. The average Bonchev–Trinajstić information content (AvgIpc) is 2.43. The number of aliphatic carboxylic acids is 1. The van der Waals surface area contributed by atoms with Crippen molar-refractivity contribution in [1.29, 1.82) is 0 Å². The van der Waals surface area contributed by atoms with E-state index in [4.69, 9.17) is 5.11 Å². The molecular weight excluding hydrogens is 310 g/mol. The van der Waals surface area contributed by atoms with Gasteiger partial charge in [0.15, 0.2) is 0 Å². The lowest BCUT2D eigenvalue weighted by atomic mass is 10.2. The molecule has 1 unspecified atom stereocenters. The van der Waals surface area contributed by atoms with Crippen molar-refractivity contribution in [2.24, 2.45) is 0 Å². The molecule has 0 heterocycles. The molecule has 0 saturated heterocycles. The van der Waals surface area contributed by atoms with Crippen LogP contribution in [0.2, 0.25) is 0 Å². The van der Waals surface area contributed by atoms with E-state index in [0.29, 0.717) is 5.56 Å². The highest BCUT2D eigenvalue weighted by Crippen LogP contribution is 2.13. The Labute approximate surface area is 129 Å². The first kappa shape index (κ1) is 17.7. The van der Waals surface area contributed by atoms with Crippen LogP contribution in [0.1, 0.15) is 18.9 Å². The zero-order chi connectivity index (χ0) is 15.9. The number of thioether (sulfide) groups is 1. The minimum atomic E-state index is -3.54. The number of hydrogen-bond donors (Lipinski definition) is 2. The molecule has 0 bridgehead atoms. The van der Waals surface area contributed by atoms with Gasteiger partial charge in [-0.1, -0.05) is 12.1 Å². The van der Waals surface area contributed by atoms with Crippen LogP contribution >= 0.6 is 11.8 Å². The number of nitrogens with one attached hydrogen (secondary N) is 1. The standard InChI is InChI=1S/C14H19NO4S2/c1-11(9-10-20-2)15-21(18,19)13-6-3-12(4-7-13)5-8-14(16)17/h3-8,11,15H,9-10H2,1-2H3,(H,16,17)/b8-5+. The van der Waals surface area contributed by atoms with Gasteiger partial charge in [0.25, 0.3) is 0 Å². The van der Waals surface area contributed by atoms with E-state index in [1.165, 1.54) is 18.2 Å². The summed E-state index contributed by atoms with van der Waals surface area (Å²) < 4.78 is 26.9. The smallest absolute Gasteiger partial charge is 0.328 e. The summed E-state index contributed by atoms with van der Waals surface area (Å²) in [6.45, 7) is 1.83. The lowest BCUT2D eigenvalue weighted by molar-refractivity contribution is -0.131. The van der Waals surface area contributed by atoms with E-state index in [9.17, 15) is 13.2 Å². The number of sulfonamides is 1. The van der Waals surface area contributed by atoms with Gasteiger partial charge in [-0.05, 0) is 49.1 Å². The molecule has 5 nitrogen and oxygen atoms in total. The summed E-state index contributed by atoms with van der Waals surface area (Å²) in [6, 6.07) is 5.94. The van der Waals surface area contributed by atoms with Crippen LogP contribution in [0.5, 0.6) is 0 Å². The quantitative estimate of drug-likeness (QED) is 0.714. The molecular formula is C14H19NO4S2.